The molecule has 1 aliphatic heterocycles. The molecular weight excluding hydrogens is 355 g/mol. The van der Waals surface area contributed by atoms with Crippen LogP contribution in [0.5, 0.6) is 0 Å². The van der Waals surface area contributed by atoms with Crippen molar-refractivity contribution in [3.8, 4) is 0 Å². The van der Waals surface area contributed by atoms with Crippen molar-refractivity contribution in [2.75, 3.05) is 19.6 Å². The highest BCUT2D eigenvalue weighted by molar-refractivity contribution is 5.97. The second kappa shape index (κ2) is 11.2. The number of likely N-dealkylation sites (tertiary alicyclic amines) is 1. The maximum absolute atomic E-state index is 12.5. The number of nitrogens with two attached hydrogens (primary N) is 1. The molecule has 0 unspecified atom stereocenters. The second-order valence-corrected chi connectivity index (χ2v) is 7.42. The summed E-state index contributed by atoms with van der Waals surface area (Å²) in [6.07, 6.45) is 8.38. The van der Waals surface area contributed by atoms with Gasteiger partial charge in [0, 0.05) is 17.5 Å². The van der Waals surface area contributed by atoms with Crippen molar-refractivity contribution in [1.82, 2.24) is 4.90 Å². The Morgan fingerprint density at radius 1 is 0.960 bits per heavy atom. The molecule has 3 rings (SSSR count). The smallest absolute Gasteiger partial charge is 0.166 e. The Balaban J connectivity index is 0.00000156. The molecular formula is C20H32Cl2N2O. The first-order valence-electron chi connectivity index (χ1n) is 9.29. The van der Waals surface area contributed by atoms with Gasteiger partial charge < -0.3 is 10.6 Å². The van der Waals surface area contributed by atoms with E-state index in [4.69, 9.17) is 5.73 Å². The Morgan fingerprint density at radius 3 is 2.16 bits per heavy atom. The van der Waals surface area contributed by atoms with Gasteiger partial charge in [-0.25, -0.2) is 0 Å². The predicted molar refractivity (Wildman–Crippen MR) is 109 cm³/mol. The average Bonchev–Trinajstić information content (AvgIpc) is 2.62. The van der Waals surface area contributed by atoms with Gasteiger partial charge in [0.25, 0.3) is 0 Å². The van der Waals surface area contributed by atoms with Crippen LogP contribution in [0.1, 0.15) is 55.3 Å². The van der Waals surface area contributed by atoms with Crippen molar-refractivity contribution >= 4 is 30.6 Å². The molecule has 25 heavy (non-hydrogen) atoms. The van der Waals surface area contributed by atoms with Crippen LogP contribution in [0.3, 0.4) is 0 Å². The molecule has 1 saturated heterocycles. The zero-order valence-corrected chi connectivity index (χ0v) is 16.6. The summed E-state index contributed by atoms with van der Waals surface area (Å²) >= 11 is 0. The highest BCUT2D eigenvalue weighted by Crippen LogP contribution is 2.27. The molecule has 0 spiro atoms. The fourth-order valence-corrected chi connectivity index (χ4v) is 4.10. The normalized spacial score (nSPS) is 24.8. The second-order valence-electron chi connectivity index (χ2n) is 7.42. The molecule has 0 aromatic heterocycles. The minimum absolute atomic E-state index is 0. The fourth-order valence-electron chi connectivity index (χ4n) is 4.10. The van der Waals surface area contributed by atoms with Crippen LogP contribution in [0.4, 0.5) is 0 Å². The first kappa shape index (κ1) is 22.4. The zero-order valence-electron chi connectivity index (χ0n) is 14.9. The van der Waals surface area contributed by atoms with Gasteiger partial charge in [-0.3, -0.25) is 4.79 Å². The van der Waals surface area contributed by atoms with Gasteiger partial charge >= 0.3 is 0 Å². The Kier molecular flexibility index (Phi) is 10.0. The molecule has 1 heterocycles. The van der Waals surface area contributed by atoms with E-state index in [0.29, 0.717) is 11.8 Å². The summed E-state index contributed by atoms with van der Waals surface area (Å²) < 4.78 is 0. The van der Waals surface area contributed by atoms with Crippen molar-refractivity contribution in [2.45, 2.75) is 51.0 Å². The standard InChI is InChI=1S/C20H30N2O.2ClH/c21-19-8-6-16(7-9-19)10-13-22-14-11-18(12-15-22)20(23)17-4-2-1-3-5-17;;/h1-5,16,18-19H,6-15,21H2;2*1H. The van der Waals surface area contributed by atoms with Crippen molar-refractivity contribution in [1.29, 1.82) is 0 Å². The van der Waals surface area contributed by atoms with E-state index in [-0.39, 0.29) is 30.7 Å². The van der Waals surface area contributed by atoms with Gasteiger partial charge in [0.2, 0.25) is 0 Å². The van der Waals surface area contributed by atoms with Crippen LogP contribution in [0.25, 0.3) is 0 Å². The van der Waals surface area contributed by atoms with E-state index < -0.39 is 0 Å². The van der Waals surface area contributed by atoms with Gasteiger partial charge in [0.15, 0.2) is 5.78 Å². The maximum Gasteiger partial charge on any atom is 0.166 e. The van der Waals surface area contributed by atoms with Crippen molar-refractivity contribution < 1.29 is 4.79 Å². The van der Waals surface area contributed by atoms with E-state index in [1.165, 1.54) is 38.6 Å². The molecule has 1 aromatic carbocycles. The van der Waals surface area contributed by atoms with Crippen LogP contribution < -0.4 is 5.73 Å². The van der Waals surface area contributed by atoms with Crippen LogP contribution in [0.15, 0.2) is 30.3 Å². The molecule has 1 aromatic rings. The summed E-state index contributed by atoms with van der Waals surface area (Å²) in [5.41, 5.74) is 6.86. The van der Waals surface area contributed by atoms with Crippen LogP contribution in [0, 0.1) is 11.8 Å². The van der Waals surface area contributed by atoms with Gasteiger partial charge in [-0.2, -0.15) is 0 Å². The van der Waals surface area contributed by atoms with Crippen LogP contribution in [-0.4, -0.2) is 36.4 Å². The first-order chi connectivity index (χ1) is 11.2. The number of carbonyl (C=O) groups excluding carboxylic acids is 1. The van der Waals surface area contributed by atoms with Crippen molar-refractivity contribution in [3.63, 3.8) is 0 Å². The Labute approximate surface area is 164 Å². The fraction of sp³-hybridized carbons (Fsp3) is 0.650. The number of nitrogens with zero attached hydrogens (tertiary/aromatic N) is 1. The third-order valence-electron chi connectivity index (χ3n) is 5.76. The SMILES string of the molecule is Cl.Cl.NC1CCC(CCN2CCC(C(=O)c3ccccc3)CC2)CC1. The molecule has 2 N–H and O–H groups in total. The van der Waals surface area contributed by atoms with Crippen LogP contribution in [-0.2, 0) is 0 Å². The van der Waals surface area contributed by atoms with Gasteiger partial charge in [-0.15, -0.1) is 24.8 Å². The third-order valence-corrected chi connectivity index (χ3v) is 5.76. The largest absolute Gasteiger partial charge is 0.328 e. The summed E-state index contributed by atoms with van der Waals surface area (Å²) in [4.78, 5) is 15.1. The van der Waals surface area contributed by atoms with Gasteiger partial charge in [0.1, 0.15) is 0 Å². The molecule has 2 aliphatic rings. The topological polar surface area (TPSA) is 46.3 Å². The molecule has 1 aliphatic carbocycles. The quantitative estimate of drug-likeness (QED) is 0.765. The average molecular weight is 387 g/mol. The number of ketones is 1. The predicted octanol–water partition coefficient (Wildman–Crippen LogP) is 4.33. The summed E-state index contributed by atoms with van der Waals surface area (Å²) in [5.74, 6) is 1.44. The molecule has 5 heteroatoms. The minimum atomic E-state index is 0. The number of benzene rings is 1. The van der Waals surface area contributed by atoms with E-state index in [9.17, 15) is 4.79 Å². The molecule has 0 amide bonds. The highest BCUT2D eigenvalue weighted by Gasteiger charge is 2.26. The lowest BCUT2D eigenvalue weighted by Gasteiger charge is -2.33. The monoisotopic (exact) mass is 386 g/mol. The number of rotatable bonds is 5. The number of hydrogen-bond acceptors (Lipinski definition) is 3. The van der Waals surface area contributed by atoms with E-state index in [1.54, 1.807) is 0 Å². The van der Waals surface area contributed by atoms with Gasteiger partial charge in [0.05, 0.1) is 0 Å². The van der Waals surface area contributed by atoms with Crippen LogP contribution in [0.2, 0.25) is 0 Å². The van der Waals surface area contributed by atoms with Crippen molar-refractivity contribution in [2.24, 2.45) is 17.6 Å². The van der Waals surface area contributed by atoms with E-state index >= 15 is 0 Å². The zero-order chi connectivity index (χ0) is 16.1. The van der Waals surface area contributed by atoms with Gasteiger partial charge in [-0.05, 0) is 70.5 Å². The lowest BCUT2D eigenvalue weighted by atomic mass is 9.84. The molecule has 142 valence electrons. The molecule has 0 bridgehead atoms. The number of halogens is 2. The minimum Gasteiger partial charge on any atom is -0.328 e. The molecule has 2 fully saturated rings. The molecule has 0 atom stereocenters. The Hall–Kier alpha value is -0.610. The van der Waals surface area contributed by atoms with E-state index in [1.807, 2.05) is 30.3 Å². The third kappa shape index (κ3) is 6.56. The summed E-state index contributed by atoms with van der Waals surface area (Å²) in [5, 5.41) is 0. The number of carbonyl (C=O) groups is 1. The summed E-state index contributed by atoms with van der Waals surface area (Å²) in [6.45, 7) is 3.36. The molecule has 0 radical (unpaired) electrons. The van der Waals surface area contributed by atoms with Crippen molar-refractivity contribution in [3.05, 3.63) is 35.9 Å². The lowest BCUT2D eigenvalue weighted by Crippen LogP contribution is -2.38. The number of hydrogen-bond donors (Lipinski definition) is 1. The highest BCUT2D eigenvalue weighted by atomic mass is 35.5. The summed E-state index contributed by atoms with van der Waals surface area (Å²) in [6, 6.07) is 10.2. The molecule has 3 nitrogen and oxygen atoms in total. The number of Topliss-reactive ketones (excluding diaryl/α,β-unsaturated/α-hetero) is 1. The maximum atomic E-state index is 12.5. The van der Waals surface area contributed by atoms with Crippen LogP contribution >= 0.6 is 24.8 Å². The summed E-state index contributed by atoms with van der Waals surface area (Å²) in [7, 11) is 0. The van der Waals surface area contributed by atoms with Gasteiger partial charge in [-0.1, -0.05) is 30.3 Å². The lowest BCUT2D eigenvalue weighted by molar-refractivity contribution is 0.0833. The Bertz CT molecular complexity index is 496. The Morgan fingerprint density at radius 2 is 1.56 bits per heavy atom. The number of piperidine rings is 1. The van der Waals surface area contributed by atoms with E-state index in [0.717, 1.165) is 37.4 Å². The first-order valence-corrected chi connectivity index (χ1v) is 9.29. The van der Waals surface area contributed by atoms with E-state index in [2.05, 4.69) is 4.90 Å². The molecule has 1 saturated carbocycles.